The molecule has 0 aliphatic rings. The van der Waals surface area contributed by atoms with Crippen molar-refractivity contribution in [2.45, 2.75) is 44.1 Å². The van der Waals surface area contributed by atoms with Crippen molar-refractivity contribution in [3.63, 3.8) is 0 Å². The first-order chi connectivity index (χ1) is 11.8. The number of fused-ring (bicyclic) bond motifs is 1. The highest BCUT2D eigenvalue weighted by molar-refractivity contribution is 8.00. The van der Waals surface area contributed by atoms with E-state index in [0.717, 1.165) is 11.8 Å². The molecule has 2 rings (SSSR count). The second-order valence-corrected chi connectivity index (χ2v) is 7.10. The Balaban J connectivity index is 2.33. The molecule has 8 heteroatoms. The summed E-state index contributed by atoms with van der Waals surface area (Å²) >= 11 is 1.16. The zero-order valence-electron chi connectivity index (χ0n) is 14.7. The number of nitrogens with one attached hydrogen (secondary N) is 2. The Morgan fingerprint density at radius 3 is 2.56 bits per heavy atom. The van der Waals surface area contributed by atoms with Gasteiger partial charge < -0.3 is 5.32 Å². The fourth-order valence-corrected chi connectivity index (χ4v) is 3.33. The van der Waals surface area contributed by atoms with Crippen molar-refractivity contribution in [3.05, 3.63) is 34.6 Å². The van der Waals surface area contributed by atoms with Gasteiger partial charge in [0.1, 0.15) is 0 Å². The molecule has 0 saturated heterocycles. The van der Waals surface area contributed by atoms with E-state index in [1.807, 2.05) is 19.9 Å². The molecule has 1 aromatic heterocycles. The molecule has 0 bridgehead atoms. The van der Waals surface area contributed by atoms with Crippen LogP contribution in [0.1, 0.15) is 33.7 Å². The van der Waals surface area contributed by atoms with Gasteiger partial charge in [0, 0.05) is 12.6 Å². The van der Waals surface area contributed by atoms with Gasteiger partial charge in [0.15, 0.2) is 5.16 Å². The molecule has 0 saturated carbocycles. The molecular formula is C17H22N4O3S. The molecule has 1 unspecified atom stereocenters. The Bertz CT molecular complexity index is 847. The van der Waals surface area contributed by atoms with Crippen LogP contribution in [0.4, 0.5) is 4.79 Å². The van der Waals surface area contributed by atoms with Gasteiger partial charge in [-0.2, -0.15) is 0 Å². The van der Waals surface area contributed by atoms with Crippen LogP contribution in [0, 0.1) is 0 Å². The number of carbonyl (C=O) groups excluding carboxylic acids is 2. The van der Waals surface area contributed by atoms with Crippen LogP contribution in [0.5, 0.6) is 0 Å². The summed E-state index contributed by atoms with van der Waals surface area (Å²) in [4.78, 5) is 40.9. The number of nitrogens with zero attached hydrogens (tertiary/aromatic N) is 2. The standard InChI is InChI=1S/C17H22N4O3S/c1-5-18-16(24)20-14(22)11(4)25-17-19-13-9-7-6-8-12(13)15(23)21(17)10(2)3/h6-11H,5H2,1-4H3,(H2,18,20,22,24). The molecule has 0 spiro atoms. The Hall–Kier alpha value is -2.35. The number of carbonyl (C=O) groups is 2. The predicted octanol–water partition coefficient (Wildman–Crippen LogP) is 2.30. The van der Waals surface area contributed by atoms with E-state index < -0.39 is 17.2 Å². The fourth-order valence-electron chi connectivity index (χ4n) is 2.29. The quantitative estimate of drug-likeness (QED) is 0.629. The molecule has 1 atom stereocenters. The second-order valence-electron chi connectivity index (χ2n) is 5.79. The van der Waals surface area contributed by atoms with Gasteiger partial charge in [0.2, 0.25) is 5.91 Å². The Kier molecular flexibility index (Phi) is 6.19. The molecule has 134 valence electrons. The Morgan fingerprint density at radius 1 is 1.24 bits per heavy atom. The lowest BCUT2D eigenvalue weighted by molar-refractivity contribution is -0.119. The second kappa shape index (κ2) is 8.15. The van der Waals surface area contributed by atoms with E-state index in [-0.39, 0.29) is 11.6 Å². The van der Waals surface area contributed by atoms with Gasteiger partial charge in [-0.1, -0.05) is 23.9 Å². The number of aromatic nitrogens is 2. The van der Waals surface area contributed by atoms with Crippen molar-refractivity contribution in [2.75, 3.05) is 6.54 Å². The van der Waals surface area contributed by atoms with Gasteiger partial charge in [0.25, 0.3) is 5.56 Å². The third kappa shape index (κ3) is 4.39. The van der Waals surface area contributed by atoms with Crippen LogP contribution in [-0.2, 0) is 4.79 Å². The molecular weight excluding hydrogens is 340 g/mol. The average molecular weight is 362 g/mol. The monoisotopic (exact) mass is 362 g/mol. The van der Waals surface area contributed by atoms with Crippen LogP contribution < -0.4 is 16.2 Å². The van der Waals surface area contributed by atoms with Crippen LogP contribution >= 0.6 is 11.8 Å². The summed E-state index contributed by atoms with van der Waals surface area (Å²) in [5.41, 5.74) is 0.447. The predicted molar refractivity (Wildman–Crippen MR) is 98.9 cm³/mol. The number of hydrogen-bond donors (Lipinski definition) is 2. The van der Waals surface area contributed by atoms with Crippen LogP contribution in [-0.4, -0.2) is 33.3 Å². The lowest BCUT2D eigenvalue weighted by atomic mass is 10.2. The van der Waals surface area contributed by atoms with Crippen LogP contribution in [0.2, 0.25) is 0 Å². The maximum Gasteiger partial charge on any atom is 0.321 e. The molecule has 2 N–H and O–H groups in total. The highest BCUT2D eigenvalue weighted by atomic mass is 32.2. The van der Waals surface area contributed by atoms with E-state index in [2.05, 4.69) is 15.6 Å². The minimum absolute atomic E-state index is 0.106. The Labute approximate surface area is 150 Å². The van der Waals surface area contributed by atoms with E-state index in [4.69, 9.17) is 0 Å². The lowest BCUT2D eigenvalue weighted by Crippen LogP contribution is -2.42. The van der Waals surface area contributed by atoms with Crippen molar-refractivity contribution in [1.29, 1.82) is 0 Å². The van der Waals surface area contributed by atoms with Gasteiger partial charge >= 0.3 is 6.03 Å². The zero-order valence-corrected chi connectivity index (χ0v) is 15.5. The third-order valence-electron chi connectivity index (χ3n) is 3.52. The van der Waals surface area contributed by atoms with Gasteiger partial charge in [-0.25, -0.2) is 9.78 Å². The molecule has 1 heterocycles. The molecule has 1 aromatic carbocycles. The molecule has 0 fully saturated rings. The van der Waals surface area contributed by atoms with Crippen molar-refractivity contribution >= 4 is 34.6 Å². The van der Waals surface area contributed by atoms with Gasteiger partial charge in [-0.15, -0.1) is 0 Å². The normalized spacial score (nSPS) is 12.2. The molecule has 25 heavy (non-hydrogen) atoms. The zero-order chi connectivity index (χ0) is 18.6. The SMILES string of the molecule is CCNC(=O)NC(=O)C(C)Sc1nc2ccccc2c(=O)n1C(C)C. The number of amides is 3. The van der Waals surface area contributed by atoms with Crippen LogP contribution in [0.3, 0.4) is 0 Å². The number of para-hydroxylation sites is 1. The summed E-state index contributed by atoms with van der Waals surface area (Å²) in [5.74, 6) is -0.436. The largest absolute Gasteiger partial charge is 0.338 e. The number of benzene rings is 1. The van der Waals surface area contributed by atoms with E-state index in [9.17, 15) is 14.4 Å². The smallest absolute Gasteiger partial charge is 0.321 e. The van der Waals surface area contributed by atoms with Gasteiger partial charge in [-0.3, -0.25) is 19.5 Å². The van der Waals surface area contributed by atoms with Crippen LogP contribution in [0.15, 0.2) is 34.2 Å². The third-order valence-corrected chi connectivity index (χ3v) is 4.58. The van der Waals surface area contributed by atoms with E-state index >= 15 is 0 Å². The average Bonchev–Trinajstić information content (AvgIpc) is 2.54. The van der Waals surface area contributed by atoms with E-state index in [1.165, 1.54) is 0 Å². The Morgan fingerprint density at radius 2 is 1.92 bits per heavy atom. The highest BCUT2D eigenvalue weighted by Gasteiger charge is 2.21. The minimum Gasteiger partial charge on any atom is -0.338 e. The van der Waals surface area contributed by atoms with Gasteiger partial charge in [-0.05, 0) is 39.8 Å². The molecule has 0 aliphatic heterocycles. The first-order valence-electron chi connectivity index (χ1n) is 8.11. The van der Waals surface area contributed by atoms with Crippen molar-refractivity contribution in [1.82, 2.24) is 20.2 Å². The first kappa shape index (κ1) is 19.0. The van der Waals surface area contributed by atoms with Gasteiger partial charge in [0.05, 0.1) is 16.2 Å². The molecule has 3 amide bonds. The molecule has 2 aromatic rings. The van der Waals surface area contributed by atoms with E-state index in [0.29, 0.717) is 22.6 Å². The summed E-state index contributed by atoms with van der Waals surface area (Å²) in [7, 11) is 0. The number of urea groups is 1. The maximum atomic E-state index is 12.7. The highest BCUT2D eigenvalue weighted by Crippen LogP contribution is 2.24. The van der Waals surface area contributed by atoms with Crippen LogP contribution in [0.25, 0.3) is 10.9 Å². The molecule has 7 nitrogen and oxygen atoms in total. The molecule has 0 radical (unpaired) electrons. The van der Waals surface area contributed by atoms with Crippen molar-refractivity contribution in [2.24, 2.45) is 0 Å². The number of thioether (sulfide) groups is 1. The molecule has 0 aliphatic carbocycles. The summed E-state index contributed by atoms with van der Waals surface area (Å²) in [6.45, 7) is 7.65. The fraction of sp³-hybridized carbons (Fsp3) is 0.412. The van der Waals surface area contributed by atoms with E-state index in [1.54, 1.807) is 36.6 Å². The summed E-state index contributed by atoms with van der Waals surface area (Å²) in [5, 5.41) is 5.20. The summed E-state index contributed by atoms with van der Waals surface area (Å²) in [6, 6.07) is 6.48. The topological polar surface area (TPSA) is 93.1 Å². The summed E-state index contributed by atoms with van der Waals surface area (Å²) < 4.78 is 1.57. The first-order valence-corrected chi connectivity index (χ1v) is 8.99. The van der Waals surface area contributed by atoms with Crippen molar-refractivity contribution < 1.29 is 9.59 Å². The van der Waals surface area contributed by atoms with Crippen molar-refractivity contribution in [3.8, 4) is 0 Å². The lowest BCUT2D eigenvalue weighted by Gasteiger charge is -2.18. The minimum atomic E-state index is -0.583. The number of hydrogen-bond acceptors (Lipinski definition) is 5. The number of rotatable bonds is 5. The maximum absolute atomic E-state index is 12.7. The number of imide groups is 1. The summed E-state index contributed by atoms with van der Waals surface area (Å²) in [6.07, 6.45) is 0.